The van der Waals surface area contributed by atoms with E-state index in [1.807, 2.05) is 18.2 Å². The van der Waals surface area contributed by atoms with E-state index in [1.165, 1.54) is 5.56 Å². The quantitative estimate of drug-likeness (QED) is 0.518. The van der Waals surface area contributed by atoms with E-state index in [2.05, 4.69) is 36.9 Å². The minimum absolute atomic E-state index is 0.957. The summed E-state index contributed by atoms with van der Waals surface area (Å²) in [5.41, 5.74) is 3.22. The van der Waals surface area contributed by atoms with Gasteiger partial charge in [-0.3, -0.25) is 4.99 Å². The fourth-order valence-electron chi connectivity index (χ4n) is 1.41. The van der Waals surface area contributed by atoms with Gasteiger partial charge in [-0.05, 0) is 38.0 Å². The van der Waals surface area contributed by atoms with E-state index < -0.39 is 0 Å². The smallest absolute Gasteiger partial charge is 0.0629 e. The maximum absolute atomic E-state index is 5.43. The third kappa shape index (κ3) is 5.17. The van der Waals surface area contributed by atoms with Gasteiger partial charge in [-0.15, -0.1) is 6.42 Å². The van der Waals surface area contributed by atoms with Crippen molar-refractivity contribution in [2.75, 3.05) is 0 Å². The summed E-state index contributed by atoms with van der Waals surface area (Å²) < 4.78 is 0. The molecule has 17 heavy (non-hydrogen) atoms. The van der Waals surface area contributed by atoms with Gasteiger partial charge in [0.25, 0.3) is 0 Å². The third-order valence-electron chi connectivity index (χ3n) is 2.52. The Kier molecular flexibility index (Phi) is 5.82. The number of hydrogen-bond donors (Lipinski definition) is 0. The highest BCUT2D eigenvalue weighted by atomic mass is 14.7. The summed E-state index contributed by atoms with van der Waals surface area (Å²) in [6.45, 7) is 4.23. The predicted octanol–water partition coefficient (Wildman–Crippen LogP) is 4.45. The Labute approximate surface area is 104 Å². The average molecular weight is 225 g/mol. The molecule has 0 saturated carbocycles. The number of aliphatic imine (C=N–C) groups is 1. The Bertz CT molecular complexity index is 430. The maximum atomic E-state index is 5.43. The molecule has 0 amide bonds. The fraction of sp³-hybridized carbons (Fsp3) is 0.312. The number of benzene rings is 1. The van der Waals surface area contributed by atoms with Crippen LogP contribution in [-0.4, -0.2) is 6.21 Å². The molecule has 0 aliphatic heterocycles. The van der Waals surface area contributed by atoms with Crippen LogP contribution in [0.25, 0.3) is 0 Å². The largest absolute Gasteiger partial charge is 0.257 e. The van der Waals surface area contributed by atoms with Gasteiger partial charge in [-0.25, -0.2) is 0 Å². The molecule has 88 valence electrons. The topological polar surface area (TPSA) is 12.4 Å². The molecule has 0 heterocycles. The molecule has 0 fully saturated rings. The zero-order chi connectivity index (χ0) is 12.5. The highest BCUT2D eigenvalue weighted by Gasteiger charge is 1.90. The van der Waals surface area contributed by atoms with E-state index in [0.29, 0.717) is 0 Å². The highest BCUT2D eigenvalue weighted by Crippen LogP contribution is 2.12. The van der Waals surface area contributed by atoms with Gasteiger partial charge in [-0.1, -0.05) is 37.0 Å². The Hall–Kier alpha value is -1.81. The Morgan fingerprint density at radius 2 is 2.06 bits per heavy atom. The SMILES string of the molecule is C#C/C(=C/C=Nc1ccc(C)cc1)CCCC. The van der Waals surface area contributed by atoms with E-state index in [4.69, 9.17) is 6.42 Å². The van der Waals surface area contributed by atoms with Crippen LogP contribution in [0.1, 0.15) is 31.7 Å². The molecule has 1 nitrogen and oxygen atoms in total. The summed E-state index contributed by atoms with van der Waals surface area (Å²) in [7, 11) is 0. The summed E-state index contributed by atoms with van der Waals surface area (Å²) in [6, 6.07) is 8.10. The molecule has 1 heteroatoms. The van der Waals surface area contributed by atoms with Gasteiger partial charge in [0.1, 0.15) is 0 Å². The van der Waals surface area contributed by atoms with E-state index >= 15 is 0 Å². The van der Waals surface area contributed by atoms with Crippen molar-refractivity contribution in [2.24, 2.45) is 4.99 Å². The van der Waals surface area contributed by atoms with Crippen molar-refractivity contribution in [3.63, 3.8) is 0 Å². The first-order valence-electron chi connectivity index (χ1n) is 6.02. The van der Waals surface area contributed by atoms with Crippen LogP contribution in [0.2, 0.25) is 0 Å². The van der Waals surface area contributed by atoms with Crippen LogP contribution in [0, 0.1) is 19.3 Å². The lowest BCUT2D eigenvalue weighted by atomic mass is 10.1. The summed E-state index contributed by atoms with van der Waals surface area (Å²) >= 11 is 0. The molecular formula is C16H19N. The second-order valence-corrected chi connectivity index (χ2v) is 4.05. The van der Waals surface area contributed by atoms with Crippen LogP contribution < -0.4 is 0 Å². The van der Waals surface area contributed by atoms with Crippen molar-refractivity contribution < 1.29 is 0 Å². The molecule has 0 radical (unpaired) electrons. The van der Waals surface area contributed by atoms with Crippen LogP contribution in [0.4, 0.5) is 5.69 Å². The normalized spacial score (nSPS) is 11.7. The molecule has 1 aromatic carbocycles. The number of nitrogens with zero attached hydrogens (tertiary/aromatic N) is 1. The molecular weight excluding hydrogens is 206 g/mol. The summed E-state index contributed by atoms with van der Waals surface area (Å²) in [6.07, 6.45) is 12.4. The monoisotopic (exact) mass is 225 g/mol. The van der Waals surface area contributed by atoms with Crippen LogP contribution in [0.5, 0.6) is 0 Å². The van der Waals surface area contributed by atoms with Gasteiger partial charge in [0, 0.05) is 11.8 Å². The Morgan fingerprint density at radius 1 is 1.35 bits per heavy atom. The third-order valence-corrected chi connectivity index (χ3v) is 2.52. The summed E-state index contributed by atoms with van der Waals surface area (Å²) in [5.74, 6) is 2.70. The lowest BCUT2D eigenvalue weighted by Gasteiger charge is -1.96. The van der Waals surface area contributed by atoms with Gasteiger partial charge in [0.15, 0.2) is 0 Å². The Balaban J connectivity index is 2.61. The van der Waals surface area contributed by atoms with Crippen molar-refractivity contribution in [1.82, 2.24) is 0 Å². The second kappa shape index (κ2) is 7.46. The Morgan fingerprint density at radius 3 is 2.65 bits per heavy atom. The van der Waals surface area contributed by atoms with Gasteiger partial charge in [0.05, 0.1) is 5.69 Å². The molecule has 0 unspecified atom stereocenters. The number of aryl methyl sites for hydroxylation is 1. The number of hydrogen-bond acceptors (Lipinski definition) is 1. The highest BCUT2D eigenvalue weighted by molar-refractivity contribution is 5.76. The molecule has 0 spiro atoms. The molecule has 0 aliphatic carbocycles. The minimum Gasteiger partial charge on any atom is -0.257 e. The molecule has 0 atom stereocenters. The minimum atomic E-state index is 0.957. The van der Waals surface area contributed by atoms with Gasteiger partial charge < -0.3 is 0 Å². The van der Waals surface area contributed by atoms with Crippen LogP contribution in [0.15, 0.2) is 40.9 Å². The van der Waals surface area contributed by atoms with Crippen molar-refractivity contribution >= 4 is 11.9 Å². The molecule has 0 aromatic heterocycles. The molecule has 0 N–H and O–H groups in total. The number of allylic oxidation sites excluding steroid dienone is 2. The van der Waals surface area contributed by atoms with E-state index in [1.54, 1.807) is 6.21 Å². The molecule has 1 rings (SSSR count). The first-order valence-corrected chi connectivity index (χ1v) is 6.02. The van der Waals surface area contributed by atoms with Crippen LogP contribution >= 0.6 is 0 Å². The molecule has 0 saturated heterocycles. The first-order chi connectivity index (χ1) is 8.26. The number of terminal acetylenes is 1. The zero-order valence-electron chi connectivity index (χ0n) is 10.6. The number of rotatable bonds is 5. The van der Waals surface area contributed by atoms with Gasteiger partial charge in [-0.2, -0.15) is 0 Å². The van der Waals surface area contributed by atoms with Crippen molar-refractivity contribution in [2.45, 2.75) is 33.1 Å². The van der Waals surface area contributed by atoms with Crippen molar-refractivity contribution in [3.8, 4) is 12.3 Å². The molecule has 0 aliphatic rings. The summed E-state index contributed by atoms with van der Waals surface area (Å²) in [5, 5.41) is 0. The van der Waals surface area contributed by atoms with Crippen LogP contribution in [0.3, 0.4) is 0 Å². The van der Waals surface area contributed by atoms with Crippen molar-refractivity contribution in [3.05, 3.63) is 41.5 Å². The zero-order valence-corrected chi connectivity index (χ0v) is 10.6. The van der Waals surface area contributed by atoms with Crippen molar-refractivity contribution in [1.29, 1.82) is 0 Å². The summed E-state index contributed by atoms with van der Waals surface area (Å²) in [4.78, 5) is 4.35. The van der Waals surface area contributed by atoms with E-state index in [0.717, 1.165) is 30.5 Å². The second-order valence-electron chi connectivity index (χ2n) is 4.05. The van der Waals surface area contributed by atoms with Gasteiger partial charge in [0.2, 0.25) is 0 Å². The lowest BCUT2D eigenvalue weighted by molar-refractivity contribution is 0.802. The van der Waals surface area contributed by atoms with Crippen LogP contribution in [-0.2, 0) is 0 Å². The average Bonchev–Trinajstić information content (AvgIpc) is 2.36. The lowest BCUT2D eigenvalue weighted by Crippen LogP contribution is -1.80. The first kappa shape index (κ1) is 13.3. The van der Waals surface area contributed by atoms with Gasteiger partial charge >= 0.3 is 0 Å². The molecule has 0 bridgehead atoms. The standard InChI is InChI=1S/C16H19N/c1-4-6-7-15(5-2)12-13-17-16-10-8-14(3)9-11-16/h2,8-13H,4,6-7H2,1,3H3/b15-12-,17-13?. The molecule has 1 aromatic rings. The predicted molar refractivity (Wildman–Crippen MR) is 75.8 cm³/mol. The maximum Gasteiger partial charge on any atom is 0.0629 e. The fourth-order valence-corrected chi connectivity index (χ4v) is 1.41. The van der Waals surface area contributed by atoms with E-state index in [9.17, 15) is 0 Å². The number of unbranched alkanes of at least 4 members (excludes halogenated alkanes) is 1. The van der Waals surface area contributed by atoms with E-state index in [-0.39, 0.29) is 0 Å².